The van der Waals surface area contributed by atoms with Gasteiger partial charge in [-0.15, -0.1) is 21.6 Å². The van der Waals surface area contributed by atoms with Gasteiger partial charge in [-0.05, 0) is 32.0 Å². The van der Waals surface area contributed by atoms with Gasteiger partial charge >= 0.3 is 0 Å². The van der Waals surface area contributed by atoms with Crippen LogP contribution in [-0.4, -0.2) is 31.0 Å². The van der Waals surface area contributed by atoms with E-state index in [0.29, 0.717) is 10.8 Å². The molecule has 118 valence electrons. The molecule has 2 rings (SSSR count). The van der Waals surface area contributed by atoms with Gasteiger partial charge in [0.1, 0.15) is 10.6 Å². The molecule has 7 nitrogen and oxygen atoms in total. The van der Waals surface area contributed by atoms with Crippen molar-refractivity contribution in [3.05, 3.63) is 29.8 Å². The maximum atomic E-state index is 11.6. The van der Waals surface area contributed by atoms with E-state index >= 15 is 0 Å². The van der Waals surface area contributed by atoms with E-state index in [0.717, 1.165) is 13.1 Å². The maximum absolute atomic E-state index is 11.6. The average molecular weight is 340 g/mol. The number of azo groups is 1. The SMILES string of the molecule is CCN(CC)c1ccc(N=Nc2nccs2)c(S(=O)(=O)O)c1. The lowest BCUT2D eigenvalue weighted by Crippen LogP contribution is -2.22. The number of anilines is 1. The number of nitrogens with zero attached hydrogens (tertiary/aromatic N) is 4. The van der Waals surface area contributed by atoms with E-state index in [1.807, 2.05) is 18.7 Å². The second kappa shape index (κ2) is 6.95. The summed E-state index contributed by atoms with van der Waals surface area (Å²) in [6.45, 7) is 5.38. The highest BCUT2D eigenvalue weighted by molar-refractivity contribution is 7.86. The molecule has 0 radical (unpaired) electrons. The smallest absolute Gasteiger partial charge is 0.296 e. The van der Waals surface area contributed by atoms with Crippen molar-refractivity contribution in [2.75, 3.05) is 18.0 Å². The van der Waals surface area contributed by atoms with Gasteiger partial charge in [0.15, 0.2) is 0 Å². The molecule has 1 aromatic heterocycles. The highest BCUT2D eigenvalue weighted by Crippen LogP contribution is 2.30. The van der Waals surface area contributed by atoms with E-state index in [1.165, 1.54) is 23.5 Å². The maximum Gasteiger partial charge on any atom is 0.296 e. The minimum atomic E-state index is -4.39. The summed E-state index contributed by atoms with van der Waals surface area (Å²) in [6.07, 6.45) is 1.58. The van der Waals surface area contributed by atoms with Crippen LogP contribution in [0.15, 0.2) is 44.9 Å². The second-order valence-corrected chi connectivity index (χ2v) is 6.58. The van der Waals surface area contributed by atoms with Crippen LogP contribution >= 0.6 is 11.3 Å². The quantitative estimate of drug-likeness (QED) is 0.639. The van der Waals surface area contributed by atoms with Crippen molar-refractivity contribution in [3.8, 4) is 0 Å². The van der Waals surface area contributed by atoms with E-state index < -0.39 is 10.1 Å². The zero-order valence-electron chi connectivity index (χ0n) is 12.2. The lowest BCUT2D eigenvalue weighted by atomic mass is 10.2. The number of benzene rings is 1. The van der Waals surface area contributed by atoms with Gasteiger partial charge in [-0.3, -0.25) is 4.55 Å². The zero-order valence-corrected chi connectivity index (χ0v) is 13.8. The third kappa shape index (κ3) is 3.87. The Morgan fingerprint density at radius 3 is 2.55 bits per heavy atom. The Hall–Kier alpha value is -1.84. The van der Waals surface area contributed by atoms with Crippen LogP contribution in [0.4, 0.5) is 16.5 Å². The minimum Gasteiger partial charge on any atom is -0.372 e. The van der Waals surface area contributed by atoms with Crippen LogP contribution in [0, 0.1) is 0 Å². The first kappa shape index (κ1) is 16.5. The molecule has 0 saturated carbocycles. The molecule has 0 unspecified atom stereocenters. The molecule has 0 aliphatic carbocycles. The summed E-state index contributed by atoms with van der Waals surface area (Å²) in [7, 11) is -4.39. The normalized spacial score (nSPS) is 12.0. The second-order valence-electron chi connectivity index (χ2n) is 4.31. The number of hydrogen-bond acceptors (Lipinski definition) is 7. The van der Waals surface area contributed by atoms with Crippen molar-refractivity contribution in [1.29, 1.82) is 0 Å². The van der Waals surface area contributed by atoms with Crippen molar-refractivity contribution in [2.24, 2.45) is 10.2 Å². The summed E-state index contributed by atoms with van der Waals surface area (Å²) in [5, 5.41) is 9.90. The molecule has 9 heteroatoms. The molecular formula is C13H16N4O3S2. The molecule has 0 fully saturated rings. The zero-order chi connectivity index (χ0) is 16.2. The lowest BCUT2D eigenvalue weighted by molar-refractivity contribution is 0.483. The Morgan fingerprint density at radius 1 is 1.27 bits per heavy atom. The lowest BCUT2D eigenvalue weighted by Gasteiger charge is -2.21. The standard InChI is InChI=1S/C13H16N4O3S2/c1-3-17(4-2)10-5-6-11(12(9-10)22(18,19)20)15-16-13-14-7-8-21-13/h5-9H,3-4H2,1-2H3,(H,18,19,20). The van der Waals surface area contributed by atoms with Crippen LogP contribution in [0.2, 0.25) is 0 Å². The predicted octanol–water partition coefficient (Wildman–Crippen LogP) is 3.65. The fourth-order valence-electron chi connectivity index (χ4n) is 1.94. The molecular weight excluding hydrogens is 324 g/mol. The van der Waals surface area contributed by atoms with Gasteiger partial charge < -0.3 is 4.90 Å². The first-order chi connectivity index (χ1) is 10.5. The summed E-state index contributed by atoms with van der Waals surface area (Å²) in [5.74, 6) is 0. The van der Waals surface area contributed by atoms with Crippen molar-refractivity contribution >= 4 is 38.0 Å². The molecule has 1 heterocycles. The van der Waals surface area contributed by atoms with Crippen molar-refractivity contribution in [3.63, 3.8) is 0 Å². The third-order valence-corrected chi connectivity index (χ3v) is 4.55. The average Bonchev–Trinajstić information content (AvgIpc) is 2.99. The highest BCUT2D eigenvalue weighted by Gasteiger charge is 2.18. The van der Waals surface area contributed by atoms with Gasteiger partial charge in [0, 0.05) is 30.4 Å². The summed E-state index contributed by atoms with van der Waals surface area (Å²) < 4.78 is 32.6. The number of rotatable bonds is 6. The molecule has 0 spiro atoms. The van der Waals surface area contributed by atoms with Crippen LogP contribution in [0.5, 0.6) is 0 Å². The van der Waals surface area contributed by atoms with Crippen molar-refractivity contribution in [1.82, 2.24) is 4.98 Å². The molecule has 0 aliphatic rings. The Labute approximate surface area is 133 Å². The van der Waals surface area contributed by atoms with Gasteiger partial charge in [0.05, 0.1) is 0 Å². The van der Waals surface area contributed by atoms with Crippen molar-refractivity contribution in [2.45, 2.75) is 18.7 Å². The van der Waals surface area contributed by atoms with E-state index in [1.54, 1.807) is 17.6 Å². The van der Waals surface area contributed by atoms with E-state index in [-0.39, 0.29) is 10.6 Å². The van der Waals surface area contributed by atoms with Gasteiger partial charge in [0.25, 0.3) is 10.1 Å². The summed E-state index contributed by atoms with van der Waals surface area (Å²) in [4.78, 5) is 5.64. The van der Waals surface area contributed by atoms with Crippen molar-refractivity contribution < 1.29 is 13.0 Å². The Morgan fingerprint density at radius 2 is 2.00 bits per heavy atom. The first-order valence-electron chi connectivity index (χ1n) is 6.63. The van der Waals surface area contributed by atoms with Crippen LogP contribution in [0.1, 0.15) is 13.8 Å². The number of hydrogen-bond donors (Lipinski definition) is 1. The van der Waals surface area contributed by atoms with Gasteiger partial charge in [-0.25, -0.2) is 4.98 Å². The molecule has 0 bridgehead atoms. The Balaban J connectivity index is 2.46. The topological polar surface area (TPSA) is 95.2 Å². The van der Waals surface area contributed by atoms with Gasteiger partial charge in [-0.2, -0.15) is 8.42 Å². The Kier molecular flexibility index (Phi) is 5.22. The summed E-state index contributed by atoms with van der Waals surface area (Å²) in [6, 6.07) is 4.67. The molecule has 0 atom stereocenters. The molecule has 0 saturated heterocycles. The molecule has 0 aliphatic heterocycles. The fourth-order valence-corrected chi connectivity index (χ4v) is 3.04. The number of aromatic nitrogens is 1. The van der Waals surface area contributed by atoms with E-state index in [2.05, 4.69) is 15.2 Å². The predicted molar refractivity (Wildman–Crippen MR) is 86.1 cm³/mol. The summed E-state index contributed by atoms with van der Waals surface area (Å²) >= 11 is 1.28. The molecule has 22 heavy (non-hydrogen) atoms. The monoisotopic (exact) mass is 340 g/mol. The minimum absolute atomic E-state index is 0.0774. The fraction of sp³-hybridized carbons (Fsp3) is 0.308. The van der Waals surface area contributed by atoms with Crippen LogP contribution < -0.4 is 4.90 Å². The summed E-state index contributed by atoms with van der Waals surface area (Å²) in [5.41, 5.74) is 0.777. The highest BCUT2D eigenvalue weighted by atomic mass is 32.2. The third-order valence-electron chi connectivity index (χ3n) is 3.01. The molecule has 0 amide bonds. The van der Waals surface area contributed by atoms with Crippen LogP contribution in [0.25, 0.3) is 0 Å². The molecule has 1 aromatic carbocycles. The molecule has 2 aromatic rings. The van der Waals surface area contributed by atoms with Crippen LogP contribution in [0.3, 0.4) is 0 Å². The van der Waals surface area contributed by atoms with E-state index in [4.69, 9.17) is 0 Å². The largest absolute Gasteiger partial charge is 0.372 e. The van der Waals surface area contributed by atoms with Gasteiger partial charge in [0.2, 0.25) is 5.13 Å². The Bertz CT molecular complexity index is 754. The van der Waals surface area contributed by atoms with Gasteiger partial charge in [-0.1, -0.05) is 0 Å². The van der Waals surface area contributed by atoms with Crippen LogP contribution in [-0.2, 0) is 10.1 Å². The number of thiazole rings is 1. The molecule has 1 N–H and O–H groups in total. The van der Waals surface area contributed by atoms with E-state index in [9.17, 15) is 13.0 Å². The first-order valence-corrected chi connectivity index (χ1v) is 8.95.